The number of aliphatic hydroxyl groups is 1. The molecule has 13 heavy (non-hydrogen) atoms. The van der Waals surface area contributed by atoms with Crippen LogP contribution in [0.3, 0.4) is 0 Å². The van der Waals surface area contributed by atoms with Gasteiger partial charge in [0.15, 0.2) is 0 Å². The number of likely N-dealkylation sites (tertiary alicyclic amines) is 1. The minimum Gasteiger partial charge on any atom is -0.468 e. The van der Waals surface area contributed by atoms with Gasteiger partial charge in [0.25, 0.3) is 0 Å². The maximum Gasteiger partial charge on any atom is 0.120 e. The zero-order chi connectivity index (χ0) is 9.26. The van der Waals surface area contributed by atoms with E-state index in [1.165, 1.54) is 0 Å². The standard InChI is InChI=1S/C10H15NO2/c1-8(10-3-2-4-13-10)11-5-9(6-11)7-12/h2-4,8-9,12H,5-7H2,1H3. The molecule has 0 aromatic carbocycles. The van der Waals surface area contributed by atoms with Crippen LogP contribution in [0.5, 0.6) is 0 Å². The van der Waals surface area contributed by atoms with E-state index in [4.69, 9.17) is 9.52 Å². The molecule has 0 amide bonds. The van der Waals surface area contributed by atoms with E-state index in [1.807, 2.05) is 12.1 Å². The van der Waals surface area contributed by atoms with E-state index >= 15 is 0 Å². The van der Waals surface area contributed by atoms with Crippen LogP contribution in [0.4, 0.5) is 0 Å². The minimum absolute atomic E-state index is 0.307. The van der Waals surface area contributed by atoms with Gasteiger partial charge in [-0.1, -0.05) is 0 Å². The van der Waals surface area contributed by atoms with E-state index < -0.39 is 0 Å². The Morgan fingerprint density at radius 3 is 3.00 bits per heavy atom. The van der Waals surface area contributed by atoms with Crippen molar-refractivity contribution in [1.29, 1.82) is 0 Å². The zero-order valence-electron chi connectivity index (χ0n) is 7.81. The first-order valence-corrected chi connectivity index (χ1v) is 4.69. The molecule has 1 aliphatic rings. The molecule has 2 heterocycles. The molecule has 1 saturated heterocycles. The van der Waals surface area contributed by atoms with Crippen molar-refractivity contribution in [3.05, 3.63) is 24.2 Å². The van der Waals surface area contributed by atoms with Gasteiger partial charge in [-0.25, -0.2) is 0 Å². The van der Waals surface area contributed by atoms with Gasteiger partial charge in [-0.3, -0.25) is 4.90 Å². The highest BCUT2D eigenvalue weighted by molar-refractivity contribution is 5.05. The third-order valence-corrected chi connectivity index (χ3v) is 2.75. The van der Waals surface area contributed by atoms with Crippen molar-refractivity contribution >= 4 is 0 Å². The van der Waals surface area contributed by atoms with Crippen molar-refractivity contribution in [3.63, 3.8) is 0 Å². The van der Waals surface area contributed by atoms with Crippen LogP contribution in [0.2, 0.25) is 0 Å². The Morgan fingerprint density at radius 2 is 2.46 bits per heavy atom. The lowest BCUT2D eigenvalue weighted by Gasteiger charge is -2.41. The Kier molecular flexibility index (Phi) is 2.38. The fourth-order valence-electron chi connectivity index (χ4n) is 1.75. The van der Waals surface area contributed by atoms with Crippen molar-refractivity contribution < 1.29 is 9.52 Å². The van der Waals surface area contributed by atoms with Gasteiger partial charge >= 0.3 is 0 Å². The smallest absolute Gasteiger partial charge is 0.120 e. The van der Waals surface area contributed by atoms with Gasteiger partial charge < -0.3 is 9.52 Å². The van der Waals surface area contributed by atoms with Crippen LogP contribution in [-0.2, 0) is 0 Å². The van der Waals surface area contributed by atoms with E-state index in [9.17, 15) is 0 Å². The fourth-order valence-corrected chi connectivity index (χ4v) is 1.75. The minimum atomic E-state index is 0.307. The Bertz CT molecular complexity index is 252. The molecule has 1 aromatic rings. The molecule has 0 radical (unpaired) electrons. The van der Waals surface area contributed by atoms with Gasteiger partial charge in [0.1, 0.15) is 5.76 Å². The summed E-state index contributed by atoms with van der Waals surface area (Å²) in [6, 6.07) is 4.25. The Morgan fingerprint density at radius 1 is 1.69 bits per heavy atom. The number of hydrogen-bond acceptors (Lipinski definition) is 3. The maximum atomic E-state index is 8.87. The third kappa shape index (κ3) is 1.62. The lowest BCUT2D eigenvalue weighted by molar-refractivity contribution is 0.0180. The van der Waals surface area contributed by atoms with Crippen molar-refractivity contribution in [3.8, 4) is 0 Å². The van der Waals surface area contributed by atoms with Crippen molar-refractivity contribution in [2.45, 2.75) is 13.0 Å². The number of rotatable bonds is 3. The summed E-state index contributed by atoms with van der Waals surface area (Å²) < 4.78 is 5.32. The summed E-state index contributed by atoms with van der Waals surface area (Å²) in [4.78, 5) is 2.31. The lowest BCUT2D eigenvalue weighted by atomic mass is 9.98. The topological polar surface area (TPSA) is 36.6 Å². The maximum absolute atomic E-state index is 8.87. The molecule has 3 nitrogen and oxygen atoms in total. The molecule has 1 unspecified atom stereocenters. The van der Waals surface area contributed by atoms with E-state index in [-0.39, 0.29) is 0 Å². The monoisotopic (exact) mass is 181 g/mol. The number of furan rings is 1. The first kappa shape index (κ1) is 8.78. The van der Waals surface area contributed by atoms with E-state index in [2.05, 4.69) is 11.8 Å². The highest BCUT2D eigenvalue weighted by Gasteiger charge is 2.31. The average molecular weight is 181 g/mol. The van der Waals surface area contributed by atoms with Gasteiger partial charge in [0.2, 0.25) is 0 Å². The van der Waals surface area contributed by atoms with E-state index in [1.54, 1.807) is 6.26 Å². The number of hydrogen-bond donors (Lipinski definition) is 1. The molecule has 1 N–H and O–H groups in total. The van der Waals surface area contributed by atoms with Crippen molar-refractivity contribution in [2.24, 2.45) is 5.92 Å². The van der Waals surface area contributed by atoms with Crippen LogP contribution in [0.25, 0.3) is 0 Å². The second kappa shape index (κ2) is 3.52. The molecule has 1 atom stereocenters. The number of aliphatic hydroxyl groups excluding tert-OH is 1. The molecule has 1 aliphatic heterocycles. The predicted molar refractivity (Wildman–Crippen MR) is 49.3 cm³/mol. The zero-order valence-corrected chi connectivity index (χ0v) is 7.81. The SMILES string of the molecule is CC(c1ccco1)N1CC(CO)C1. The predicted octanol–water partition coefficient (Wildman–Crippen LogP) is 1.26. The Hall–Kier alpha value is -0.800. The van der Waals surface area contributed by atoms with Crippen LogP contribution in [0.15, 0.2) is 22.8 Å². The van der Waals surface area contributed by atoms with Gasteiger partial charge in [-0.15, -0.1) is 0 Å². The second-order valence-corrected chi connectivity index (χ2v) is 3.69. The summed E-state index contributed by atoms with van der Waals surface area (Å²) in [7, 11) is 0. The molecule has 0 spiro atoms. The molecule has 2 rings (SSSR count). The van der Waals surface area contributed by atoms with E-state index in [0.29, 0.717) is 18.6 Å². The summed E-state index contributed by atoms with van der Waals surface area (Å²) >= 11 is 0. The van der Waals surface area contributed by atoms with Crippen LogP contribution in [-0.4, -0.2) is 29.7 Å². The van der Waals surface area contributed by atoms with Crippen LogP contribution >= 0.6 is 0 Å². The highest BCUT2D eigenvalue weighted by atomic mass is 16.3. The Balaban J connectivity index is 1.90. The van der Waals surface area contributed by atoms with Crippen LogP contribution in [0, 0.1) is 5.92 Å². The quantitative estimate of drug-likeness (QED) is 0.762. The van der Waals surface area contributed by atoms with E-state index in [0.717, 1.165) is 18.8 Å². The summed E-state index contributed by atoms with van der Waals surface area (Å²) in [5, 5.41) is 8.87. The molecule has 1 aromatic heterocycles. The fraction of sp³-hybridized carbons (Fsp3) is 0.600. The largest absolute Gasteiger partial charge is 0.468 e. The van der Waals surface area contributed by atoms with Crippen LogP contribution in [0.1, 0.15) is 18.7 Å². The molecular formula is C10H15NO2. The van der Waals surface area contributed by atoms with Gasteiger partial charge in [-0.2, -0.15) is 0 Å². The van der Waals surface area contributed by atoms with Gasteiger partial charge in [0, 0.05) is 25.6 Å². The summed E-state index contributed by atoms with van der Waals surface area (Å²) in [5.41, 5.74) is 0. The first-order valence-electron chi connectivity index (χ1n) is 4.69. The average Bonchev–Trinajstić information content (AvgIpc) is 2.53. The molecule has 1 fully saturated rings. The molecule has 0 saturated carbocycles. The number of nitrogens with zero attached hydrogens (tertiary/aromatic N) is 1. The summed E-state index contributed by atoms with van der Waals surface area (Å²) in [6.45, 7) is 4.41. The van der Waals surface area contributed by atoms with Gasteiger partial charge in [-0.05, 0) is 19.1 Å². The first-order chi connectivity index (χ1) is 6.31. The van der Waals surface area contributed by atoms with Crippen molar-refractivity contribution in [2.75, 3.05) is 19.7 Å². The molecular weight excluding hydrogens is 166 g/mol. The Labute approximate surface area is 78.0 Å². The third-order valence-electron chi connectivity index (χ3n) is 2.75. The van der Waals surface area contributed by atoms with Crippen LogP contribution < -0.4 is 0 Å². The lowest BCUT2D eigenvalue weighted by Crippen LogP contribution is -2.49. The molecule has 0 aliphatic carbocycles. The molecule has 0 bridgehead atoms. The second-order valence-electron chi connectivity index (χ2n) is 3.69. The highest BCUT2D eigenvalue weighted by Crippen LogP contribution is 2.27. The summed E-state index contributed by atoms with van der Waals surface area (Å²) in [5.74, 6) is 1.48. The summed E-state index contributed by atoms with van der Waals surface area (Å²) in [6.07, 6.45) is 1.70. The molecule has 3 heteroatoms. The van der Waals surface area contributed by atoms with Gasteiger partial charge in [0.05, 0.1) is 12.3 Å². The molecule has 72 valence electrons. The normalized spacial score (nSPS) is 21.4. The van der Waals surface area contributed by atoms with Crippen molar-refractivity contribution in [1.82, 2.24) is 4.90 Å².